The summed E-state index contributed by atoms with van der Waals surface area (Å²) in [6, 6.07) is 24.2. The molecular weight excluding hydrogens is 604 g/mol. The Bertz CT molecular complexity index is 1770. The van der Waals surface area contributed by atoms with Crippen molar-refractivity contribution in [3.63, 3.8) is 0 Å². The molecule has 0 bridgehead atoms. The van der Waals surface area contributed by atoms with Gasteiger partial charge in [0.25, 0.3) is 0 Å². The summed E-state index contributed by atoms with van der Waals surface area (Å²) >= 11 is 0. The highest BCUT2D eigenvalue weighted by molar-refractivity contribution is 7.91. The van der Waals surface area contributed by atoms with Crippen molar-refractivity contribution in [2.75, 3.05) is 10.6 Å². The zero-order chi connectivity index (χ0) is 32.4. The van der Waals surface area contributed by atoms with Gasteiger partial charge in [0.1, 0.15) is 23.0 Å². The molecule has 2 amide bonds. The Kier molecular flexibility index (Phi) is 10.1. The third-order valence-corrected chi connectivity index (χ3v) is 7.48. The van der Waals surface area contributed by atoms with Crippen LogP contribution in [0.3, 0.4) is 0 Å². The first-order valence-corrected chi connectivity index (χ1v) is 14.4. The van der Waals surface area contributed by atoms with Crippen molar-refractivity contribution in [2.45, 2.75) is 9.79 Å². The molecule has 0 heterocycles. The van der Waals surface area contributed by atoms with Gasteiger partial charge in [0.2, 0.25) is 21.7 Å². The van der Waals surface area contributed by atoms with E-state index < -0.39 is 33.6 Å². The minimum Gasteiger partial charge on any atom is -0.478 e. The van der Waals surface area contributed by atoms with Gasteiger partial charge in [0, 0.05) is 47.8 Å². The van der Waals surface area contributed by atoms with Crippen LogP contribution in [0.15, 0.2) is 131 Å². The van der Waals surface area contributed by atoms with Crippen LogP contribution in [0.4, 0.5) is 11.4 Å². The molecular formula is C32H24N2O10S. The van der Waals surface area contributed by atoms with Crippen LogP contribution in [-0.2, 0) is 29.0 Å². The number of aliphatic carboxylic acids is 2. The van der Waals surface area contributed by atoms with Crippen LogP contribution in [0.1, 0.15) is 0 Å². The molecule has 0 spiro atoms. The van der Waals surface area contributed by atoms with E-state index in [0.29, 0.717) is 46.5 Å². The Balaban J connectivity index is 1.39. The zero-order valence-electron chi connectivity index (χ0n) is 23.1. The van der Waals surface area contributed by atoms with Crippen molar-refractivity contribution in [1.29, 1.82) is 0 Å². The molecule has 0 saturated heterocycles. The smallest absolute Gasteiger partial charge is 0.328 e. The molecule has 12 nitrogen and oxygen atoms in total. The van der Waals surface area contributed by atoms with Crippen LogP contribution in [0.2, 0.25) is 0 Å². The number of rotatable bonds is 12. The lowest BCUT2D eigenvalue weighted by Crippen LogP contribution is -2.08. The number of hydrogen-bond acceptors (Lipinski definition) is 8. The summed E-state index contributed by atoms with van der Waals surface area (Å²) in [5.74, 6) is -2.39. The number of nitrogens with one attached hydrogen (secondary N) is 2. The van der Waals surface area contributed by atoms with Crippen molar-refractivity contribution in [2.24, 2.45) is 0 Å². The summed E-state index contributed by atoms with van der Waals surface area (Å²) in [6.45, 7) is 0. The normalized spacial score (nSPS) is 11.2. The van der Waals surface area contributed by atoms with E-state index in [1.54, 1.807) is 36.4 Å². The van der Waals surface area contributed by atoms with E-state index in [-0.39, 0.29) is 9.79 Å². The van der Waals surface area contributed by atoms with Gasteiger partial charge in [0.05, 0.1) is 9.79 Å². The molecule has 0 fully saturated rings. The number of anilines is 2. The topological polar surface area (TPSA) is 185 Å². The Morgan fingerprint density at radius 2 is 0.911 bits per heavy atom. The number of sulfone groups is 1. The van der Waals surface area contributed by atoms with Gasteiger partial charge >= 0.3 is 11.9 Å². The van der Waals surface area contributed by atoms with Crippen LogP contribution in [0.5, 0.6) is 23.0 Å². The molecule has 0 aliphatic heterocycles. The molecule has 13 heteroatoms. The monoisotopic (exact) mass is 628 g/mol. The lowest BCUT2D eigenvalue weighted by molar-refractivity contribution is -0.132. The second-order valence-electron chi connectivity index (χ2n) is 9.03. The fourth-order valence-electron chi connectivity index (χ4n) is 3.72. The van der Waals surface area contributed by atoms with E-state index in [1.807, 2.05) is 0 Å². The maximum Gasteiger partial charge on any atom is 0.328 e. The fourth-order valence-corrected chi connectivity index (χ4v) is 4.98. The molecule has 0 atom stereocenters. The van der Waals surface area contributed by atoms with Crippen molar-refractivity contribution < 1.29 is 47.3 Å². The number of carboxylic acids is 2. The highest BCUT2D eigenvalue weighted by atomic mass is 32.2. The third kappa shape index (κ3) is 9.39. The van der Waals surface area contributed by atoms with Crippen LogP contribution in [0, 0.1) is 0 Å². The van der Waals surface area contributed by atoms with Gasteiger partial charge in [-0.3, -0.25) is 9.59 Å². The second kappa shape index (κ2) is 14.3. The molecule has 4 N–H and O–H groups in total. The van der Waals surface area contributed by atoms with Crippen LogP contribution < -0.4 is 20.1 Å². The lowest BCUT2D eigenvalue weighted by Gasteiger charge is -2.10. The van der Waals surface area contributed by atoms with Crippen molar-refractivity contribution in [1.82, 2.24) is 0 Å². The fraction of sp³-hybridized carbons (Fsp3) is 0. The molecule has 0 unspecified atom stereocenters. The van der Waals surface area contributed by atoms with Gasteiger partial charge in [-0.15, -0.1) is 0 Å². The van der Waals surface area contributed by atoms with Gasteiger partial charge in [-0.05, 0) is 72.8 Å². The van der Waals surface area contributed by atoms with Crippen LogP contribution in [-0.4, -0.2) is 42.4 Å². The highest BCUT2D eigenvalue weighted by Crippen LogP contribution is 2.30. The van der Waals surface area contributed by atoms with E-state index in [4.69, 9.17) is 19.7 Å². The first-order chi connectivity index (χ1) is 21.5. The molecule has 0 radical (unpaired) electrons. The molecule has 0 saturated carbocycles. The Morgan fingerprint density at radius 1 is 0.533 bits per heavy atom. The van der Waals surface area contributed by atoms with Gasteiger partial charge in [-0.25, -0.2) is 18.0 Å². The number of hydrogen-bond donors (Lipinski definition) is 4. The summed E-state index contributed by atoms with van der Waals surface area (Å²) in [5, 5.41) is 22.3. The predicted octanol–water partition coefficient (Wildman–Crippen LogP) is 5.26. The maximum absolute atomic E-state index is 13.2. The van der Waals surface area contributed by atoms with Gasteiger partial charge < -0.3 is 30.3 Å². The first-order valence-electron chi connectivity index (χ1n) is 12.9. The third-order valence-electron chi connectivity index (χ3n) is 5.70. The van der Waals surface area contributed by atoms with Crippen molar-refractivity contribution >= 4 is 45.0 Å². The van der Waals surface area contributed by atoms with Crippen molar-refractivity contribution in [3.8, 4) is 23.0 Å². The minimum absolute atomic E-state index is 0.0233. The summed E-state index contributed by atoms with van der Waals surface area (Å²) in [6.07, 6.45) is 3.19. The Morgan fingerprint density at radius 3 is 1.27 bits per heavy atom. The van der Waals surface area contributed by atoms with Crippen LogP contribution in [0.25, 0.3) is 0 Å². The summed E-state index contributed by atoms with van der Waals surface area (Å²) in [4.78, 5) is 44.8. The van der Waals surface area contributed by atoms with Crippen molar-refractivity contribution in [3.05, 3.63) is 121 Å². The zero-order valence-corrected chi connectivity index (χ0v) is 23.9. The number of ether oxygens (including phenoxy) is 2. The van der Waals surface area contributed by atoms with Crippen LogP contribution >= 0.6 is 0 Å². The summed E-state index contributed by atoms with van der Waals surface area (Å²) < 4.78 is 38.0. The quantitative estimate of drug-likeness (QED) is 0.151. The SMILES string of the molecule is O=C(O)/C=C/C(=O)Nc1cccc(Oc2ccc(S(=O)(=O)c3ccc(Oc4cccc(NC(=O)/C=C/C(=O)O)c4)cc3)cc2)c1. The minimum atomic E-state index is -3.88. The Hall–Kier alpha value is -6.21. The number of carboxylic acid groups (broad SMARTS) is 2. The van der Waals surface area contributed by atoms with E-state index in [1.165, 1.54) is 60.7 Å². The molecule has 228 valence electrons. The number of benzene rings is 4. The first kappa shape index (κ1) is 31.7. The highest BCUT2D eigenvalue weighted by Gasteiger charge is 2.18. The number of amides is 2. The number of carbonyl (C=O) groups excluding carboxylic acids is 2. The lowest BCUT2D eigenvalue weighted by atomic mass is 10.3. The summed E-state index contributed by atoms with van der Waals surface area (Å²) in [5.41, 5.74) is 0.730. The average Bonchev–Trinajstić information content (AvgIpc) is 3.00. The molecule has 0 aliphatic rings. The second-order valence-corrected chi connectivity index (χ2v) is 11.0. The molecule has 4 rings (SSSR count). The van der Waals surface area contributed by atoms with E-state index in [0.717, 1.165) is 12.2 Å². The van der Waals surface area contributed by atoms with Gasteiger partial charge in [-0.2, -0.15) is 0 Å². The van der Waals surface area contributed by atoms with Gasteiger partial charge in [-0.1, -0.05) is 12.1 Å². The Labute approximate surface area is 256 Å². The van der Waals surface area contributed by atoms with E-state index in [2.05, 4.69) is 10.6 Å². The average molecular weight is 629 g/mol. The number of carbonyl (C=O) groups is 4. The molecule has 45 heavy (non-hydrogen) atoms. The van der Waals surface area contributed by atoms with Gasteiger partial charge in [0.15, 0.2) is 0 Å². The van der Waals surface area contributed by atoms with E-state index >= 15 is 0 Å². The molecule has 0 aromatic heterocycles. The maximum atomic E-state index is 13.2. The van der Waals surface area contributed by atoms with E-state index in [9.17, 15) is 27.6 Å². The molecule has 4 aromatic rings. The molecule has 4 aromatic carbocycles. The predicted molar refractivity (Wildman–Crippen MR) is 162 cm³/mol. The molecule has 0 aliphatic carbocycles. The standard InChI is InChI=1S/C32H24N2O10S/c35-29(15-17-31(37)38)33-21-3-1-5-25(19-21)43-23-7-11-27(12-8-23)45(41,42)28-13-9-24(10-14-28)44-26-6-2-4-22(20-26)34-30(36)16-18-32(39)40/h1-20H,(H,33,35)(H,34,36)(H,37,38)(H,39,40)/b17-15+,18-16+. The summed E-state index contributed by atoms with van der Waals surface area (Å²) in [7, 11) is -3.88. The largest absolute Gasteiger partial charge is 0.478 e.